The smallest absolute Gasteiger partial charge is 0.262 e. The van der Waals surface area contributed by atoms with Gasteiger partial charge in [0, 0.05) is 11.3 Å². The Morgan fingerprint density at radius 1 is 1.21 bits per heavy atom. The molecule has 1 aromatic heterocycles. The summed E-state index contributed by atoms with van der Waals surface area (Å²) < 4.78 is 7.48. The molecule has 0 saturated carbocycles. The van der Waals surface area contributed by atoms with Crippen molar-refractivity contribution in [2.75, 3.05) is 17.2 Å². The lowest BCUT2D eigenvalue weighted by molar-refractivity contribution is -0.118. The van der Waals surface area contributed by atoms with E-state index >= 15 is 0 Å². The second-order valence-corrected chi connectivity index (χ2v) is 6.94. The summed E-state index contributed by atoms with van der Waals surface area (Å²) in [5.74, 6) is 0.539. The molecule has 29 heavy (non-hydrogen) atoms. The van der Waals surface area contributed by atoms with Crippen molar-refractivity contribution >= 4 is 23.5 Å². The number of carbonyl (C=O) groups excluding carboxylic acids is 2. The number of rotatable bonds is 5. The van der Waals surface area contributed by atoms with Gasteiger partial charge >= 0.3 is 0 Å². The number of amides is 2. The zero-order valence-corrected chi connectivity index (χ0v) is 16.2. The van der Waals surface area contributed by atoms with Gasteiger partial charge in [-0.3, -0.25) is 14.9 Å². The summed E-state index contributed by atoms with van der Waals surface area (Å²) >= 11 is 0. The minimum Gasteiger partial charge on any atom is -0.483 e. The molecule has 8 nitrogen and oxygen atoms in total. The molecule has 1 aliphatic rings. The molecule has 4 rings (SSSR count). The van der Waals surface area contributed by atoms with Crippen molar-refractivity contribution in [3.8, 4) is 5.75 Å². The predicted molar refractivity (Wildman–Crippen MR) is 108 cm³/mol. The summed E-state index contributed by atoms with van der Waals surface area (Å²) in [7, 11) is 0. The molecule has 0 bridgehead atoms. The van der Waals surface area contributed by atoms with Crippen LogP contribution in [0, 0.1) is 13.8 Å². The summed E-state index contributed by atoms with van der Waals surface area (Å²) in [5.41, 5.74) is 3.55. The Kier molecular flexibility index (Phi) is 4.99. The van der Waals surface area contributed by atoms with Crippen molar-refractivity contribution in [2.24, 2.45) is 0 Å². The van der Waals surface area contributed by atoms with Crippen molar-refractivity contribution < 1.29 is 14.3 Å². The number of fused-ring (bicyclic) bond motifs is 1. The number of aryl methyl sites for hydroxylation is 2. The maximum atomic E-state index is 12.5. The Labute approximate surface area is 167 Å². The van der Waals surface area contributed by atoms with Gasteiger partial charge < -0.3 is 10.1 Å². The predicted octanol–water partition coefficient (Wildman–Crippen LogP) is 2.84. The number of nitrogens with zero attached hydrogens (tertiary/aromatic N) is 3. The van der Waals surface area contributed by atoms with Gasteiger partial charge in [0.2, 0.25) is 11.9 Å². The van der Waals surface area contributed by atoms with Gasteiger partial charge in [-0.2, -0.15) is 10.1 Å². The summed E-state index contributed by atoms with van der Waals surface area (Å²) in [6, 6.07) is 12.8. The highest BCUT2D eigenvalue weighted by Gasteiger charge is 2.29. The average Bonchev–Trinajstić information content (AvgIpc) is 3.17. The Hall–Kier alpha value is -3.68. The summed E-state index contributed by atoms with van der Waals surface area (Å²) in [6.07, 6.45) is 1.61. The van der Waals surface area contributed by atoms with Gasteiger partial charge in [-0.25, -0.2) is 4.68 Å². The highest BCUT2D eigenvalue weighted by atomic mass is 16.5. The molecule has 2 N–H and O–H groups in total. The van der Waals surface area contributed by atoms with Crippen LogP contribution in [0.2, 0.25) is 0 Å². The molecule has 2 amide bonds. The van der Waals surface area contributed by atoms with Gasteiger partial charge in [-0.15, -0.1) is 0 Å². The fourth-order valence-corrected chi connectivity index (χ4v) is 3.46. The summed E-state index contributed by atoms with van der Waals surface area (Å²) in [6.45, 7) is 3.75. The van der Waals surface area contributed by atoms with E-state index in [1.165, 1.54) is 6.33 Å². The van der Waals surface area contributed by atoms with Crippen molar-refractivity contribution in [1.29, 1.82) is 0 Å². The van der Waals surface area contributed by atoms with Gasteiger partial charge in [-0.05, 0) is 31.0 Å². The van der Waals surface area contributed by atoms with Crippen LogP contribution in [-0.2, 0) is 9.59 Å². The Morgan fingerprint density at radius 2 is 1.97 bits per heavy atom. The quantitative estimate of drug-likeness (QED) is 0.697. The molecule has 3 aromatic rings. The Balaban J connectivity index is 1.51. The fraction of sp³-hybridized carbons (Fsp3) is 0.238. The highest BCUT2D eigenvalue weighted by Crippen LogP contribution is 2.34. The third-order valence-electron chi connectivity index (χ3n) is 4.88. The van der Waals surface area contributed by atoms with Crippen LogP contribution in [-0.4, -0.2) is 33.2 Å². The third-order valence-corrected chi connectivity index (χ3v) is 4.88. The normalized spacial score (nSPS) is 15.4. The number of para-hydroxylation sites is 2. The number of ether oxygens (including phenoxy) is 1. The molecule has 1 aliphatic heterocycles. The van der Waals surface area contributed by atoms with E-state index in [1.54, 1.807) is 10.7 Å². The van der Waals surface area contributed by atoms with Crippen molar-refractivity contribution in [2.45, 2.75) is 26.3 Å². The third kappa shape index (κ3) is 3.82. The number of nitrogens with one attached hydrogen (secondary N) is 2. The van der Waals surface area contributed by atoms with Crippen molar-refractivity contribution in [1.82, 2.24) is 14.8 Å². The molecule has 2 aromatic carbocycles. The minimum absolute atomic E-state index is 0.141. The number of hydrogen-bond acceptors (Lipinski definition) is 5. The molecule has 2 heterocycles. The van der Waals surface area contributed by atoms with Gasteiger partial charge in [0.25, 0.3) is 5.91 Å². The Morgan fingerprint density at radius 3 is 2.76 bits per heavy atom. The molecule has 0 spiro atoms. The minimum atomic E-state index is -0.348. The standard InChI is InChI=1S/C21H21N5O3/c1-13-6-5-7-14(2)20(13)24-19(28)11-29-17-9-4-3-8-15(17)16-10-18(27)25-21-22-12-23-26(16)21/h3-9,12,16H,10-11H2,1-2H3,(H,24,28)(H,22,23,25,27)/t16-/m0/s1. The monoisotopic (exact) mass is 391 g/mol. The fourth-order valence-electron chi connectivity index (χ4n) is 3.46. The van der Waals surface area contributed by atoms with E-state index < -0.39 is 0 Å². The van der Waals surface area contributed by atoms with E-state index in [2.05, 4.69) is 20.7 Å². The largest absolute Gasteiger partial charge is 0.483 e. The second-order valence-electron chi connectivity index (χ2n) is 6.94. The maximum Gasteiger partial charge on any atom is 0.262 e. The van der Waals surface area contributed by atoms with Crippen LogP contribution in [0.5, 0.6) is 5.75 Å². The number of anilines is 2. The molecular weight excluding hydrogens is 370 g/mol. The van der Waals surface area contributed by atoms with Crippen molar-refractivity contribution in [3.63, 3.8) is 0 Å². The van der Waals surface area contributed by atoms with Crippen LogP contribution >= 0.6 is 0 Å². The van der Waals surface area contributed by atoms with Crippen LogP contribution in [0.15, 0.2) is 48.8 Å². The van der Waals surface area contributed by atoms with Gasteiger partial charge in [0.1, 0.15) is 12.1 Å². The van der Waals surface area contributed by atoms with Gasteiger partial charge in [-0.1, -0.05) is 36.4 Å². The molecule has 0 aliphatic carbocycles. The van der Waals surface area contributed by atoms with E-state index in [-0.39, 0.29) is 30.9 Å². The van der Waals surface area contributed by atoms with E-state index in [1.807, 2.05) is 50.2 Å². The SMILES string of the molecule is Cc1cccc(C)c1NC(=O)COc1ccccc1[C@@H]1CC(=O)Nc2ncnn21. The highest BCUT2D eigenvalue weighted by molar-refractivity contribution is 5.93. The van der Waals surface area contributed by atoms with Crippen LogP contribution < -0.4 is 15.4 Å². The van der Waals surface area contributed by atoms with Crippen LogP contribution in [0.1, 0.15) is 29.2 Å². The van der Waals surface area contributed by atoms with E-state index in [9.17, 15) is 9.59 Å². The lowest BCUT2D eigenvalue weighted by Gasteiger charge is -2.25. The van der Waals surface area contributed by atoms with Crippen LogP contribution in [0.25, 0.3) is 0 Å². The molecule has 0 unspecified atom stereocenters. The molecule has 0 saturated heterocycles. The zero-order chi connectivity index (χ0) is 20.4. The van der Waals surface area contributed by atoms with Crippen LogP contribution in [0.4, 0.5) is 11.6 Å². The first kappa shape index (κ1) is 18.7. The number of carbonyl (C=O) groups is 2. The zero-order valence-electron chi connectivity index (χ0n) is 16.2. The molecule has 0 radical (unpaired) electrons. The second kappa shape index (κ2) is 7.75. The topological polar surface area (TPSA) is 98.1 Å². The molecule has 0 fully saturated rings. The number of benzene rings is 2. The first-order valence-corrected chi connectivity index (χ1v) is 9.30. The van der Waals surface area contributed by atoms with Crippen molar-refractivity contribution in [3.05, 3.63) is 65.5 Å². The average molecular weight is 391 g/mol. The Bertz CT molecular complexity index is 1060. The lowest BCUT2D eigenvalue weighted by atomic mass is 10.0. The summed E-state index contributed by atoms with van der Waals surface area (Å²) in [4.78, 5) is 28.6. The van der Waals surface area contributed by atoms with E-state index in [4.69, 9.17) is 4.74 Å². The summed E-state index contributed by atoms with van der Waals surface area (Å²) in [5, 5.41) is 9.82. The maximum absolute atomic E-state index is 12.5. The molecule has 1 atom stereocenters. The molecular formula is C21H21N5O3. The number of aromatic nitrogens is 3. The lowest BCUT2D eigenvalue weighted by Crippen LogP contribution is -2.29. The van der Waals surface area contributed by atoms with Crippen LogP contribution in [0.3, 0.4) is 0 Å². The van der Waals surface area contributed by atoms with Gasteiger partial charge in [0.15, 0.2) is 6.61 Å². The molecule has 8 heteroatoms. The van der Waals surface area contributed by atoms with E-state index in [0.29, 0.717) is 11.7 Å². The first-order chi connectivity index (χ1) is 14.0. The first-order valence-electron chi connectivity index (χ1n) is 9.30. The number of hydrogen-bond donors (Lipinski definition) is 2. The van der Waals surface area contributed by atoms with Gasteiger partial charge in [0.05, 0.1) is 12.5 Å². The van der Waals surface area contributed by atoms with E-state index in [0.717, 1.165) is 22.4 Å². The molecule has 148 valence electrons.